The molecule has 182 valence electrons. The number of nitrogens with zero attached hydrogens (tertiary/aromatic N) is 3. The monoisotopic (exact) mass is 498 g/mol. The lowest BCUT2D eigenvalue weighted by molar-refractivity contribution is -0.385. The van der Waals surface area contributed by atoms with Crippen LogP contribution in [0.15, 0.2) is 18.2 Å². The third kappa shape index (κ3) is 5.20. The molecule has 0 fully saturated rings. The number of hydrogen-bond acceptors (Lipinski definition) is 9. The number of nitro groups is 1. The van der Waals surface area contributed by atoms with Crippen LogP contribution in [-0.4, -0.2) is 46.7 Å². The molecule has 2 heterocycles. The molecule has 0 saturated heterocycles. The lowest BCUT2D eigenvalue weighted by Gasteiger charge is -2.13. The number of fused-ring (bicyclic) bond motifs is 1. The minimum absolute atomic E-state index is 0.0188. The Bertz CT molecular complexity index is 1260. The van der Waals surface area contributed by atoms with Crippen molar-refractivity contribution in [3.05, 3.63) is 55.4 Å². The number of rotatable bonds is 10. The summed E-state index contributed by atoms with van der Waals surface area (Å²) in [6.07, 6.45) is 1.52. The molecule has 2 aromatic rings. The lowest BCUT2D eigenvalue weighted by atomic mass is 10.1. The molecule has 0 radical (unpaired) electrons. The third-order valence-corrected chi connectivity index (χ3v) is 6.62. The van der Waals surface area contributed by atoms with Gasteiger partial charge in [-0.3, -0.25) is 29.4 Å². The highest BCUT2D eigenvalue weighted by atomic mass is 32.1. The van der Waals surface area contributed by atoms with Gasteiger partial charge in [-0.15, -0.1) is 11.3 Å². The maximum absolute atomic E-state index is 12.6. The fraction of sp³-hybridized carbons (Fsp3) is 0.348. The van der Waals surface area contributed by atoms with Gasteiger partial charge < -0.3 is 10.1 Å². The third-order valence-electron chi connectivity index (χ3n) is 5.43. The molecular formula is C23H22N4O7S. The summed E-state index contributed by atoms with van der Waals surface area (Å²) >= 11 is 0.987. The predicted molar refractivity (Wildman–Crippen MR) is 125 cm³/mol. The van der Waals surface area contributed by atoms with E-state index in [2.05, 4.69) is 5.32 Å². The van der Waals surface area contributed by atoms with Crippen LogP contribution >= 0.6 is 11.3 Å². The van der Waals surface area contributed by atoms with Gasteiger partial charge in [0.05, 0.1) is 22.7 Å². The van der Waals surface area contributed by atoms with E-state index in [9.17, 15) is 34.6 Å². The zero-order chi connectivity index (χ0) is 25.7. The maximum atomic E-state index is 12.6. The molecule has 0 unspecified atom stereocenters. The van der Waals surface area contributed by atoms with E-state index in [-0.39, 0.29) is 52.0 Å². The number of imide groups is 1. The molecule has 1 aromatic heterocycles. The van der Waals surface area contributed by atoms with E-state index >= 15 is 0 Å². The number of carbonyl (C=O) groups is 4. The van der Waals surface area contributed by atoms with E-state index in [0.29, 0.717) is 24.8 Å². The molecule has 0 aliphatic carbocycles. The first-order chi connectivity index (χ1) is 16.7. The van der Waals surface area contributed by atoms with Gasteiger partial charge in [-0.2, -0.15) is 5.26 Å². The van der Waals surface area contributed by atoms with Crippen LogP contribution < -0.4 is 5.32 Å². The second-order valence-electron chi connectivity index (χ2n) is 7.67. The first-order valence-electron chi connectivity index (χ1n) is 10.8. The van der Waals surface area contributed by atoms with Gasteiger partial charge in [0, 0.05) is 19.0 Å². The van der Waals surface area contributed by atoms with Crippen molar-refractivity contribution in [2.24, 2.45) is 0 Å². The van der Waals surface area contributed by atoms with Crippen LogP contribution in [0.5, 0.6) is 0 Å². The Balaban J connectivity index is 1.51. The van der Waals surface area contributed by atoms with Gasteiger partial charge in [-0.1, -0.05) is 12.5 Å². The van der Waals surface area contributed by atoms with Crippen molar-refractivity contribution in [2.75, 3.05) is 18.5 Å². The Kier molecular flexibility index (Phi) is 7.93. The van der Waals surface area contributed by atoms with Crippen molar-refractivity contribution in [1.29, 1.82) is 5.26 Å². The summed E-state index contributed by atoms with van der Waals surface area (Å²) in [5.74, 6) is -2.15. The normalized spacial score (nSPS) is 12.3. The van der Waals surface area contributed by atoms with Crippen molar-refractivity contribution >= 4 is 45.7 Å². The van der Waals surface area contributed by atoms with Gasteiger partial charge >= 0.3 is 5.97 Å². The SMILES string of the molecule is CCOC(=O)c1sc(NC(=O)CCCCCN2C(=O)c3cccc([N+](=O)[O-])c3C2=O)c(C#N)c1C. The topological polar surface area (TPSA) is 160 Å². The van der Waals surface area contributed by atoms with Crippen LogP contribution in [0.3, 0.4) is 0 Å². The molecule has 11 nitrogen and oxygen atoms in total. The molecule has 35 heavy (non-hydrogen) atoms. The Labute approximate surface area is 204 Å². The number of nitriles is 1. The number of carbonyl (C=O) groups excluding carboxylic acids is 4. The number of unbranched alkanes of at least 4 members (excludes halogenated alkanes) is 2. The molecule has 0 spiro atoms. The van der Waals surface area contributed by atoms with E-state index in [4.69, 9.17) is 4.74 Å². The fourth-order valence-corrected chi connectivity index (χ4v) is 4.79. The number of hydrogen-bond donors (Lipinski definition) is 1. The molecule has 0 bridgehead atoms. The summed E-state index contributed by atoms with van der Waals surface area (Å²) < 4.78 is 4.98. The Morgan fingerprint density at radius 2 is 1.97 bits per heavy atom. The summed E-state index contributed by atoms with van der Waals surface area (Å²) in [7, 11) is 0. The number of thiophene rings is 1. The molecule has 1 aliphatic rings. The van der Waals surface area contributed by atoms with Crippen molar-refractivity contribution in [3.8, 4) is 6.07 Å². The summed E-state index contributed by atoms with van der Waals surface area (Å²) in [5, 5.41) is 23.5. The van der Waals surface area contributed by atoms with Crippen LogP contribution in [0.1, 0.15) is 74.1 Å². The molecule has 3 rings (SSSR count). The molecule has 1 aromatic carbocycles. The lowest BCUT2D eigenvalue weighted by Crippen LogP contribution is -2.30. The molecule has 1 N–H and O–H groups in total. The standard InChI is InChI=1S/C23H22N4O7S/c1-3-34-23(31)19-13(2)15(12-24)20(35-19)25-17(28)10-5-4-6-11-26-21(29)14-8-7-9-16(27(32)33)18(14)22(26)30/h7-9H,3-6,10-11H2,1-2H3,(H,25,28). The number of esters is 1. The van der Waals surface area contributed by atoms with Crippen molar-refractivity contribution in [2.45, 2.75) is 39.5 Å². The molecule has 3 amide bonds. The average Bonchev–Trinajstić information content (AvgIpc) is 3.26. The molecule has 1 aliphatic heterocycles. The number of benzene rings is 1. The smallest absolute Gasteiger partial charge is 0.348 e. The molecule has 12 heteroatoms. The zero-order valence-corrected chi connectivity index (χ0v) is 19.9. The van der Waals surface area contributed by atoms with E-state index < -0.39 is 28.4 Å². The van der Waals surface area contributed by atoms with Crippen LogP contribution in [0.2, 0.25) is 0 Å². The summed E-state index contributed by atoms with van der Waals surface area (Å²) in [6.45, 7) is 3.56. The Hall–Kier alpha value is -4.11. The van der Waals surface area contributed by atoms with E-state index in [1.165, 1.54) is 18.2 Å². The average molecular weight is 499 g/mol. The number of nitro benzene ring substituents is 1. The van der Waals surface area contributed by atoms with Crippen LogP contribution in [-0.2, 0) is 9.53 Å². The molecule has 0 saturated carbocycles. The van der Waals surface area contributed by atoms with E-state index in [1.54, 1.807) is 13.8 Å². The van der Waals surface area contributed by atoms with Crippen molar-refractivity contribution in [3.63, 3.8) is 0 Å². The second-order valence-corrected chi connectivity index (χ2v) is 8.69. The first kappa shape index (κ1) is 25.5. The van der Waals surface area contributed by atoms with Crippen molar-refractivity contribution < 1.29 is 28.8 Å². The van der Waals surface area contributed by atoms with E-state index in [1.807, 2.05) is 6.07 Å². The molecule has 0 atom stereocenters. The number of ether oxygens (including phenoxy) is 1. The van der Waals surface area contributed by atoms with Crippen LogP contribution in [0, 0.1) is 28.4 Å². The van der Waals surface area contributed by atoms with Crippen LogP contribution in [0.4, 0.5) is 10.7 Å². The first-order valence-corrected chi connectivity index (χ1v) is 11.7. The Morgan fingerprint density at radius 1 is 1.23 bits per heavy atom. The summed E-state index contributed by atoms with van der Waals surface area (Å²) in [4.78, 5) is 61.2. The zero-order valence-electron chi connectivity index (χ0n) is 19.1. The summed E-state index contributed by atoms with van der Waals surface area (Å²) in [5.41, 5.74) is 0.0964. The summed E-state index contributed by atoms with van der Waals surface area (Å²) in [6, 6.07) is 5.95. The molecular weight excluding hydrogens is 476 g/mol. The highest BCUT2D eigenvalue weighted by Crippen LogP contribution is 2.33. The number of nitrogens with one attached hydrogen (secondary N) is 1. The minimum atomic E-state index is -0.690. The van der Waals surface area contributed by atoms with Crippen molar-refractivity contribution in [1.82, 2.24) is 4.90 Å². The van der Waals surface area contributed by atoms with Gasteiger partial charge in [0.1, 0.15) is 21.5 Å². The maximum Gasteiger partial charge on any atom is 0.348 e. The number of amides is 3. The number of anilines is 1. The van der Waals surface area contributed by atoms with Gasteiger partial charge in [0.25, 0.3) is 17.5 Å². The van der Waals surface area contributed by atoms with Gasteiger partial charge in [0.15, 0.2) is 0 Å². The second kappa shape index (κ2) is 10.9. The quantitative estimate of drug-likeness (QED) is 0.170. The van der Waals surface area contributed by atoms with Gasteiger partial charge in [0.2, 0.25) is 5.91 Å². The largest absolute Gasteiger partial charge is 0.462 e. The van der Waals surface area contributed by atoms with Crippen LogP contribution in [0.25, 0.3) is 0 Å². The van der Waals surface area contributed by atoms with Gasteiger partial charge in [-0.25, -0.2) is 4.79 Å². The fourth-order valence-electron chi connectivity index (χ4n) is 3.72. The predicted octanol–water partition coefficient (Wildman–Crippen LogP) is 3.81. The Morgan fingerprint density at radius 3 is 2.63 bits per heavy atom. The minimum Gasteiger partial charge on any atom is -0.462 e. The van der Waals surface area contributed by atoms with E-state index in [0.717, 1.165) is 16.2 Å². The highest BCUT2D eigenvalue weighted by molar-refractivity contribution is 7.18. The highest BCUT2D eigenvalue weighted by Gasteiger charge is 2.40. The van der Waals surface area contributed by atoms with Gasteiger partial charge in [-0.05, 0) is 38.3 Å².